The van der Waals surface area contributed by atoms with Gasteiger partial charge in [-0.3, -0.25) is 4.90 Å². The molecule has 0 atom stereocenters. The number of ether oxygens (including phenoxy) is 1. The van der Waals surface area contributed by atoms with Crippen LogP contribution in [0.4, 0.5) is 0 Å². The first-order valence-electron chi connectivity index (χ1n) is 5.22. The van der Waals surface area contributed by atoms with Crippen molar-refractivity contribution in [3.63, 3.8) is 0 Å². The minimum Gasteiger partial charge on any atom is -0.383 e. The first-order valence-corrected chi connectivity index (χ1v) is 5.22. The molecule has 0 aliphatic carbocycles. The van der Waals surface area contributed by atoms with E-state index in [2.05, 4.69) is 39.5 Å². The smallest absolute Gasteiger partial charge is 0.383 e. The maximum atomic E-state index is 5.41. The van der Waals surface area contributed by atoms with Crippen LogP contribution in [0.3, 0.4) is 0 Å². The molecule has 0 aromatic rings. The van der Waals surface area contributed by atoms with Crippen molar-refractivity contribution < 1.29 is 23.6 Å². The van der Waals surface area contributed by atoms with Gasteiger partial charge in [0.05, 0.1) is 6.61 Å². The predicted molar refractivity (Wildman–Crippen MR) is 57.8 cm³/mol. The Morgan fingerprint density at radius 1 is 1.07 bits per heavy atom. The molecule has 0 aromatic heterocycles. The summed E-state index contributed by atoms with van der Waals surface area (Å²) in [4.78, 5) is 2.43. The summed E-state index contributed by atoms with van der Waals surface area (Å²) in [7, 11) is 0. The van der Waals surface area contributed by atoms with E-state index in [9.17, 15) is 0 Å². The average Bonchev–Trinajstić information content (AvgIpc) is 2.02. The van der Waals surface area contributed by atoms with Crippen LogP contribution in [-0.2, 0) is 4.74 Å². The van der Waals surface area contributed by atoms with Crippen LogP contribution < -0.4 is 18.9 Å². The summed E-state index contributed by atoms with van der Waals surface area (Å²) in [6.07, 6.45) is 0.864. The van der Waals surface area contributed by atoms with E-state index in [4.69, 9.17) is 4.74 Å². The average molecular weight is 193 g/mol. The van der Waals surface area contributed by atoms with Crippen molar-refractivity contribution in [2.24, 2.45) is 0 Å². The molecule has 0 heterocycles. The quantitative estimate of drug-likeness (QED) is 0.303. The van der Waals surface area contributed by atoms with E-state index in [-0.39, 0.29) is 18.9 Å². The van der Waals surface area contributed by atoms with Gasteiger partial charge in [-0.1, -0.05) is 0 Å². The fourth-order valence-corrected chi connectivity index (χ4v) is 1.49. The van der Waals surface area contributed by atoms with Crippen molar-refractivity contribution in [3.05, 3.63) is 6.92 Å². The van der Waals surface area contributed by atoms with Crippen LogP contribution in [-0.4, -0.2) is 36.7 Å². The zero-order chi connectivity index (χ0) is 10.3. The summed E-state index contributed by atoms with van der Waals surface area (Å²) in [5.74, 6) is 0. The maximum absolute atomic E-state index is 5.41. The van der Waals surface area contributed by atoms with E-state index >= 15 is 0 Å². The van der Waals surface area contributed by atoms with Gasteiger partial charge in [-0.15, -0.1) is 0 Å². The molecule has 14 heavy (non-hydrogen) atoms. The van der Waals surface area contributed by atoms with E-state index < -0.39 is 0 Å². The zero-order valence-electron chi connectivity index (χ0n) is 10.5. The van der Waals surface area contributed by atoms with Gasteiger partial charge in [0.2, 0.25) is 0 Å². The molecule has 3 heteroatoms. The third-order valence-electron chi connectivity index (χ3n) is 2.11. The molecule has 2 nitrogen and oxygen atoms in total. The minimum absolute atomic E-state index is 0. The van der Waals surface area contributed by atoms with Crippen molar-refractivity contribution in [3.8, 4) is 0 Å². The Kier molecular flexibility index (Phi) is 12.2. The third-order valence-corrected chi connectivity index (χ3v) is 2.11. The molecule has 0 aromatic carbocycles. The predicted octanol–water partition coefficient (Wildman–Crippen LogP) is -0.650. The van der Waals surface area contributed by atoms with Gasteiger partial charge in [0.1, 0.15) is 0 Å². The summed E-state index contributed by atoms with van der Waals surface area (Å²) in [6.45, 7) is 15.3. The summed E-state index contributed by atoms with van der Waals surface area (Å²) in [5, 5.41) is 0. The fraction of sp³-hybridized carbons (Fsp3) is 0.909. The van der Waals surface area contributed by atoms with E-state index in [0.29, 0.717) is 12.1 Å². The Balaban J connectivity index is 0. The second-order valence-corrected chi connectivity index (χ2v) is 3.89. The number of hydrogen-bond donors (Lipinski definition) is 0. The molecule has 0 aliphatic heterocycles. The van der Waals surface area contributed by atoms with Gasteiger partial charge in [-0.05, 0) is 27.7 Å². The van der Waals surface area contributed by atoms with Gasteiger partial charge >= 0.3 is 18.9 Å². The Morgan fingerprint density at radius 2 is 1.57 bits per heavy atom. The fourth-order valence-electron chi connectivity index (χ4n) is 1.49. The first kappa shape index (κ1) is 16.9. The number of rotatable bonds is 7. The number of nitrogens with zero attached hydrogens (tertiary/aromatic N) is 1. The van der Waals surface area contributed by atoms with Gasteiger partial charge in [-0.2, -0.15) is 6.42 Å². The zero-order valence-corrected chi connectivity index (χ0v) is 10.5. The molecular weight excluding hydrogens is 169 g/mol. The van der Waals surface area contributed by atoms with Gasteiger partial charge < -0.3 is 11.7 Å². The molecular formula is C11H24LiNO. The van der Waals surface area contributed by atoms with Crippen LogP contribution in [0.25, 0.3) is 0 Å². The van der Waals surface area contributed by atoms with Gasteiger partial charge in [0.25, 0.3) is 0 Å². The van der Waals surface area contributed by atoms with Crippen molar-refractivity contribution in [2.45, 2.75) is 46.2 Å². The molecule has 80 valence electrons. The molecule has 0 N–H and O–H groups in total. The Morgan fingerprint density at radius 3 is 1.93 bits per heavy atom. The van der Waals surface area contributed by atoms with Crippen LogP contribution in [0.15, 0.2) is 0 Å². The molecule has 0 amide bonds. The minimum atomic E-state index is 0. The molecule has 0 unspecified atom stereocenters. The SMILES string of the molecule is [CH2-]CCOCCN(C(C)C)C(C)C.[Li+]. The standard InChI is InChI=1S/C11H24NO.Li/c1-6-8-13-9-7-12(10(2)3)11(4)5;/h10-11H,1,6-9H2,2-5H3;/q-1;+1. The Labute approximate surface area is 102 Å². The Hall–Kier alpha value is 0.517. The van der Waals surface area contributed by atoms with Crippen LogP contribution in [0.5, 0.6) is 0 Å². The molecule has 0 saturated heterocycles. The summed E-state index contributed by atoms with van der Waals surface area (Å²) in [5.41, 5.74) is 0. The van der Waals surface area contributed by atoms with Crippen LogP contribution in [0.2, 0.25) is 0 Å². The van der Waals surface area contributed by atoms with Crippen LogP contribution in [0.1, 0.15) is 34.1 Å². The first-order chi connectivity index (χ1) is 6.09. The molecule has 0 rings (SSSR count). The van der Waals surface area contributed by atoms with Crippen LogP contribution >= 0.6 is 0 Å². The summed E-state index contributed by atoms with van der Waals surface area (Å²) in [6, 6.07) is 1.20. The van der Waals surface area contributed by atoms with E-state index in [1.807, 2.05) is 0 Å². The van der Waals surface area contributed by atoms with Gasteiger partial charge in [0, 0.05) is 25.2 Å². The number of hydrogen-bond acceptors (Lipinski definition) is 2. The van der Waals surface area contributed by atoms with Crippen molar-refractivity contribution in [1.29, 1.82) is 0 Å². The molecule has 0 radical (unpaired) electrons. The molecule has 0 bridgehead atoms. The third kappa shape index (κ3) is 7.88. The topological polar surface area (TPSA) is 12.5 Å². The van der Waals surface area contributed by atoms with Gasteiger partial charge in [0.15, 0.2) is 0 Å². The van der Waals surface area contributed by atoms with Crippen molar-refractivity contribution >= 4 is 0 Å². The van der Waals surface area contributed by atoms with Gasteiger partial charge in [-0.25, -0.2) is 0 Å². The van der Waals surface area contributed by atoms with Crippen molar-refractivity contribution in [1.82, 2.24) is 4.90 Å². The monoisotopic (exact) mass is 193 g/mol. The molecule has 0 spiro atoms. The second-order valence-electron chi connectivity index (χ2n) is 3.89. The molecule has 0 saturated carbocycles. The summed E-state index contributed by atoms with van der Waals surface area (Å²) < 4.78 is 5.41. The van der Waals surface area contributed by atoms with Crippen molar-refractivity contribution in [2.75, 3.05) is 19.8 Å². The Bertz CT molecular complexity index is 110. The van der Waals surface area contributed by atoms with E-state index in [1.165, 1.54) is 0 Å². The normalized spacial score (nSPS) is 11.1. The largest absolute Gasteiger partial charge is 1.00 e. The summed E-state index contributed by atoms with van der Waals surface area (Å²) >= 11 is 0. The van der Waals surface area contributed by atoms with E-state index in [1.54, 1.807) is 0 Å². The maximum Gasteiger partial charge on any atom is 1.00 e. The van der Waals surface area contributed by atoms with E-state index in [0.717, 1.165) is 26.2 Å². The second kappa shape index (κ2) is 10.0. The molecule has 0 fully saturated rings. The molecule has 0 aliphatic rings. The van der Waals surface area contributed by atoms with Crippen LogP contribution in [0, 0.1) is 6.92 Å².